The lowest BCUT2D eigenvalue weighted by molar-refractivity contribution is 1.03. The quantitative estimate of drug-likeness (QED) is 0.155. The van der Waals surface area contributed by atoms with Crippen LogP contribution >= 0.6 is 0 Å². The standard InChI is InChI=1S/C53H45N5/c1-34-30-36(3)49(37(4)31-34)58(50-38(5)32-35(2)33-39(50)6)44-28-26-43(27-29-44)57(48-25-15-21-41-17-11-13-23-46(41)48)53-55-51(42-18-8-7-9-19-42)54-52(56-53)47-24-14-20-40-16-10-12-22-45(40)47/h7-33H,1-6H3. The van der Waals surface area contributed by atoms with Crippen molar-refractivity contribution < 1.29 is 0 Å². The first kappa shape index (κ1) is 36.5. The summed E-state index contributed by atoms with van der Waals surface area (Å²) in [5, 5.41) is 4.45. The highest BCUT2D eigenvalue weighted by molar-refractivity contribution is 5.99. The zero-order chi connectivity index (χ0) is 39.9. The van der Waals surface area contributed by atoms with Crippen LogP contribution in [0.5, 0.6) is 0 Å². The Balaban J connectivity index is 1.28. The lowest BCUT2D eigenvalue weighted by atomic mass is 9.98. The van der Waals surface area contributed by atoms with E-state index >= 15 is 0 Å². The summed E-state index contributed by atoms with van der Waals surface area (Å²) in [5.41, 5.74) is 14.7. The van der Waals surface area contributed by atoms with E-state index in [1.807, 2.05) is 18.2 Å². The summed E-state index contributed by atoms with van der Waals surface area (Å²) in [4.78, 5) is 20.4. The molecule has 0 amide bonds. The van der Waals surface area contributed by atoms with Crippen LogP contribution in [-0.2, 0) is 0 Å². The van der Waals surface area contributed by atoms with E-state index in [0.717, 1.165) is 49.7 Å². The number of hydrogen-bond acceptors (Lipinski definition) is 5. The molecule has 58 heavy (non-hydrogen) atoms. The number of benzene rings is 8. The number of aromatic nitrogens is 3. The van der Waals surface area contributed by atoms with Gasteiger partial charge in [0.05, 0.1) is 17.1 Å². The summed E-state index contributed by atoms with van der Waals surface area (Å²) >= 11 is 0. The molecular weight excluding hydrogens is 707 g/mol. The highest BCUT2D eigenvalue weighted by Gasteiger charge is 2.25. The van der Waals surface area contributed by atoms with E-state index in [-0.39, 0.29) is 0 Å². The van der Waals surface area contributed by atoms with E-state index in [2.05, 4.69) is 197 Å². The van der Waals surface area contributed by atoms with Gasteiger partial charge in [0.25, 0.3) is 0 Å². The molecular formula is C53H45N5. The SMILES string of the molecule is Cc1cc(C)c(N(c2ccc(N(c3nc(-c4ccccc4)nc(-c4cccc5ccccc45)n3)c3cccc4ccccc34)cc2)c2c(C)cc(C)cc2C)c(C)c1. The summed E-state index contributed by atoms with van der Waals surface area (Å²) in [6, 6.07) is 57.8. The lowest BCUT2D eigenvalue weighted by Crippen LogP contribution is -2.17. The van der Waals surface area contributed by atoms with E-state index in [9.17, 15) is 0 Å². The number of hydrogen-bond donors (Lipinski definition) is 0. The van der Waals surface area contributed by atoms with Gasteiger partial charge in [-0.2, -0.15) is 9.97 Å². The van der Waals surface area contributed by atoms with Crippen molar-refractivity contribution in [3.63, 3.8) is 0 Å². The molecule has 0 atom stereocenters. The average molecular weight is 752 g/mol. The van der Waals surface area contributed by atoms with Crippen LogP contribution in [0.3, 0.4) is 0 Å². The van der Waals surface area contributed by atoms with Gasteiger partial charge in [0.2, 0.25) is 5.95 Å². The number of nitrogens with zero attached hydrogens (tertiary/aromatic N) is 5. The van der Waals surface area contributed by atoms with Crippen LogP contribution in [0.2, 0.25) is 0 Å². The molecule has 0 aliphatic rings. The maximum absolute atomic E-state index is 5.35. The maximum atomic E-state index is 5.35. The Morgan fingerprint density at radius 2 is 0.845 bits per heavy atom. The third-order valence-corrected chi connectivity index (χ3v) is 11.0. The highest BCUT2D eigenvalue weighted by Crippen LogP contribution is 2.45. The van der Waals surface area contributed by atoms with Crippen molar-refractivity contribution in [2.24, 2.45) is 0 Å². The van der Waals surface area contributed by atoms with Crippen molar-refractivity contribution in [1.82, 2.24) is 15.0 Å². The van der Waals surface area contributed by atoms with Crippen LogP contribution in [0, 0.1) is 41.5 Å². The van der Waals surface area contributed by atoms with Crippen molar-refractivity contribution in [2.45, 2.75) is 41.5 Å². The van der Waals surface area contributed by atoms with Gasteiger partial charge < -0.3 is 4.90 Å². The van der Waals surface area contributed by atoms with Crippen LogP contribution < -0.4 is 9.80 Å². The Hall–Kier alpha value is -7.11. The van der Waals surface area contributed by atoms with Gasteiger partial charge in [0, 0.05) is 27.9 Å². The molecule has 0 bridgehead atoms. The fraction of sp³-hybridized carbons (Fsp3) is 0.113. The van der Waals surface area contributed by atoms with E-state index in [0.29, 0.717) is 17.6 Å². The van der Waals surface area contributed by atoms with Crippen molar-refractivity contribution in [3.8, 4) is 22.8 Å². The van der Waals surface area contributed by atoms with Crippen LogP contribution in [0.15, 0.2) is 164 Å². The Morgan fingerprint density at radius 1 is 0.379 bits per heavy atom. The predicted molar refractivity (Wildman–Crippen MR) is 243 cm³/mol. The second-order valence-electron chi connectivity index (χ2n) is 15.4. The second kappa shape index (κ2) is 15.1. The van der Waals surface area contributed by atoms with Crippen molar-refractivity contribution in [1.29, 1.82) is 0 Å². The molecule has 0 saturated heterocycles. The lowest BCUT2D eigenvalue weighted by Gasteiger charge is -2.32. The average Bonchev–Trinajstić information content (AvgIpc) is 3.23. The summed E-state index contributed by atoms with van der Waals surface area (Å²) in [5.74, 6) is 1.76. The normalized spacial score (nSPS) is 11.3. The number of rotatable bonds is 8. The third kappa shape index (κ3) is 6.75. The zero-order valence-corrected chi connectivity index (χ0v) is 33.8. The maximum Gasteiger partial charge on any atom is 0.238 e. The molecule has 9 rings (SSSR count). The van der Waals surface area contributed by atoms with Gasteiger partial charge in [-0.1, -0.05) is 145 Å². The van der Waals surface area contributed by atoms with Crippen molar-refractivity contribution >= 4 is 55.9 Å². The Labute approximate surface area is 341 Å². The molecule has 0 aliphatic heterocycles. The Kier molecular flexibility index (Phi) is 9.50. The number of anilines is 6. The topological polar surface area (TPSA) is 45.2 Å². The largest absolute Gasteiger partial charge is 0.309 e. The molecule has 0 spiro atoms. The molecule has 8 aromatic carbocycles. The summed E-state index contributed by atoms with van der Waals surface area (Å²) in [6.07, 6.45) is 0. The van der Waals surface area contributed by atoms with Crippen molar-refractivity contribution in [2.75, 3.05) is 9.80 Å². The van der Waals surface area contributed by atoms with Gasteiger partial charge in [-0.15, -0.1) is 0 Å². The minimum atomic E-state index is 0.535. The van der Waals surface area contributed by atoms with E-state index in [4.69, 9.17) is 15.0 Å². The molecule has 5 heteroatoms. The monoisotopic (exact) mass is 751 g/mol. The summed E-state index contributed by atoms with van der Waals surface area (Å²) < 4.78 is 0. The minimum Gasteiger partial charge on any atom is -0.309 e. The minimum absolute atomic E-state index is 0.535. The molecule has 9 aromatic rings. The molecule has 5 nitrogen and oxygen atoms in total. The van der Waals surface area contributed by atoms with Crippen LogP contribution in [0.1, 0.15) is 33.4 Å². The molecule has 0 N–H and O–H groups in total. The zero-order valence-electron chi connectivity index (χ0n) is 33.8. The van der Waals surface area contributed by atoms with Gasteiger partial charge in [-0.25, -0.2) is 4.98 Å². The number of aryl methyl sites for hydroxylation is 6. The Morgan fingerprint density at radius 3 is 1.45 bits per heavy atom. The molecule has 0 unspecified atom stereocenters. The molecule has 0 radical (unpaired) electrons. The predicted octanol–water partition coefficient (Wildman–Crippen LogP) is 14.3. The van der Waals surface area contributed by atoms with E-state index < -0.39 is 0 Å². The molecule has 282 valence electrons. The Bertz CT molecular complexity index is 2860. The highest BCUT2D eigenvalue weighted by atomic mass is 15.3. The summed E-state index contributed by atoms with van der Waals surface area (Å²) in [6.45, 7) is 13.2. The fourth-order valence-corrected chi connectivity index (χ4v) is 8.66. The van der Waals surface area contributed by atoms with Crippen molar-refractivity contribution in [3.05, 3.63) is 197 Å². The fourth-order valence-electron chi connectivity index (χ4n) is 8.66. The van der Waals surface area contributed by atoms with Crippen LogP contribution in [0.4, 0.5) is 34.4 Å². The molecule has 1 heterocycles. The van der Waals surface area contributed by atoms with Gasteiger partial charge in [-0.3, -0.25) is 4.90 Å². The summed E-state index contributed by atoms with van der Waals surface area (Å²) in [7, 11) is 0. The first-order chi connectivity index (χ1) is 28.2. The van der Waals surface area contributed by atoms with Gasteiger partial charge in [0.15, 0.2) is 11.6 Å². The molecule has 0 saturated carbocycles. The third-order valence-electron chi connectivity index (χ3n) is 11.0. The molecule has 0 aliphatic carbocycles. The first-order valence-corrected chi connectivity index (χ1v) is 19.9. The second-order valence-corrected chi connectivity index (χ2v) is 15.4. The van der Waals surface area contributed by atoms with Crippen LogP contribution in [-0.4, -0.2) is 15.0 Å². The first-order valence-electron chi connectivity index (χ1n) is 19.9. The van der Waals surface area contributed by atoms with Gasteiger partial charge in [0.1, 0.15) is 0 Å². The molecule has 0 fully saturated rings. The van der Waals surface area contributed by atoms with E-state index in [1.54, 1.807) is 0 Å². The van der Waals surface area contributed by atoms with E-state index in [1.165, 1.54) is 44.8 Å². The molecule has 1 aromatic heterocycles. The smallest absolute Gasteiger partial charge is 0.238 e. The number of fused-ring (bicyclic) bond motifs is 2. The van der Waals surface area contributed by atoms with Gasteiger partial charge in [-0.05, 0) is 110 Å². The van der Waals surface area contributed by atoms with Gasteiger partial charge >= 0.3 is 0 Å². The van der Waals surface area contributed by atoms with Crippen LogP contribution in [0.25, 0.3) is 44.3 Å².